The van der Waals surface area contributed by atoms with Gasteiger partial charge in [0.25, 0.3) is 11.8 Å². The number of hydrogen-bond donors (Lipinski definition) is 2. The number of aryl methyl sites for hydroxylation is 1. The Kier molecular flexibility index (Phi) is 5.73. The monoisotopic (exact) mass is 392 g/mol. The van der Waals surface area contributed by atoms with Crippen LogP contribution in [0.2, 0.25) is 0 Å². The number of anilines is 1. The molecule has 138 valence electrons. The van der Waals surface area contributed by atoms with Crippen LogP contribution in [0.25, 0.3) is 0 Å². The average Bonchev–Trinajstić information content (AvgIpc) is 3.25. The number of amides is 2. The maximum Gasteiger partial charge on any atom is 0.348 e. The fraction of sp³-hybridized carbons (Fsp3) is 0.389. The fourth-order valence-electron chi connectivity index (χ4n) is 3.01. The Hall–Kier alpha value is -2.19. The molecule has 0 aliphatic heterocycles. The van der Waals surface area contributed by atoms with Gasteiger partial charge in [0.05, 0.1) is 5.56 Å². The SMILES string of the molecule is CC[C@H]1CCc2sc(C(=O)OCC(=O)Nc3sccc3C(N)=O)cc2C1. The third kappa shape index (κ3) is 4.13. The van der Waals surface area contributed by atoms with E-state index in [4.69, 9.17) is 10.5 Å². The zero-order valence-electron chi connectivity index (χ0n) is 14.4. The van der Waals surface area contributed by atoms with Gasteiger partial charge in [0, 0.05) is 4.88 Å². The van der Waals surface area contributed by atoms with E-state index in [2.05, 4.69) is 12.2 Å². The normalized spacial score (nSPS) is 16.0. The summed E-state index contributed by atoms with van der Waals surface area (Å²) in [6.07, 6.45) is 4.31. The fourth-order valence-corrected chi connectivity index (χ4v) is 4.92. The molecular weight excluding hydrogens is 372 g/mol. The lowest BCUT2D eigenvalue weighted by molar-refractivity contribution is -0.119. The summed E-state index contributed by atoms with van der Waals surface area (Å²) in [5, 5.41) is 4.56. The van der Waals surface area contributed by atoms with Crippen LogP contribution >= 0.6 is 22.7 Å². The smallest absolute Gasteiger partial charge is 0.348 e. The summed E-state index contributed by atoms with van der Waals surface area (Å²) in [5.74, 6) is -0.936. The van der Waals surface area contributed by atoms with Crippen LogP contribution in [0.5, 0.6) is 0 Å². The van der Waals surface area contributed by atoms with Crippen molar-refractivity contribution in [2.75, 3.05) is 11.9 Å². The van der Waals surface area contributed by atoms with E-state index in [1.165, 1.54) is 39.2 Å². The van der Waals surface area contributed by atoms with Gasteiger partial charge in [0.15, 0.2) is 6.61 Å². The van der Waals surface area contributed by atoms with E-state index in [-0.39, 0.29) is 5.56 Å². The Morgan fingerprint density at radius 3 is 2.92 bits per heavy atom. The van der Waals surface area contributed by atoms with Crippen LogP contribution < -0.4 is 11.1 Å². The van der Waals surface area contributed by atoms with Crippen molar-refractivity contribution in [3.05, 3.63) is 38.4 Å². The minimum Gasteiger partial charge on any atom is -0.451 e. The van der Waals surface area contributed by atoms with Crippen LogP contribution in [0.4, 0.5) is 5.00 Å². The molecule has 6 nitrogen and oxygen atoms in total. The first-order valence-electron chi connectivity index (χ1n) is 8.43. The molecule has 2 heterocycles. The van der Waals surface area contributed by atoms with E-state index in [0.717, 1.165) is 25.7 Å². The lowest BCUT2D eigenvalue weighted by Gasteiger charge is -2.19. The second-order valence-corrected chi connectivity index (χ2v) is 8.28. The molecule has 8 heteroatoms. The number of primary amides is 1. The van der Waals surface area contributed by atoms with E-state index in [9.17, 15) is 14.4 Å². The molecule has 3 rings (SSSR count). The molecule has 1 atom stereocenters. The number of rotatable bonds is 6. The first kappa shape index (κ1) is 18.6. The van der Waals surface area contributed by atoms with Crippen molar-refractivity contribution in [1.82, 2.24) is 0 Å². The number of fused-ring (bicyclic) bond motifs is 1. The van der Waals surface area contributed by atoms with Crippen molar-refractivity contribution in [3.63, 3.8) is 0 Å². The van der Waals surface area contributed by atoms with Crippen molar-refractivity contribution < 1.29 is 19.1 Å². The summed E-state index contributed by atoms with van der Waals surface area (Å²) in [7, 11) is 0. The lowest BCUT2D eigenvalue weighted by atomic mass is 9.87. The molecular formula is C18H20N2O4S2. The first-order chi connectivity index (χ1) is 12.5. The Balaban J connectivity index is 1.56. The number of nitrogens with one attached hydrogen (secondary N) is 1. The Morgan fingerprint density at radius 1 is 1.38 bits per heavy atom. The number of esters is 1. The van der Waals surface area contributed by atoms with E-state index in [0.29, 0.717) is 15.8 Å². The number of hydrogen-bond acceptors (Lipinski definition) is 6. The van der Waals surface area contributed by atoms with Crippen LogP contribution in [0, 0.1) is 5.92 Å². The summed E-state index contributed by atoms with van der Waals surface area (Å²) in [4.78, 5) is 37.2. The van der Waals surface area contributed by atoms with E-state index in [1.807, 2.05) is 6.07 Å². The van der Waals surface area contributed by atoms with Gasteiger partial charge in [0.2, 0.25) is 0 Å². The molecule has 0 fully saturated rings. The summed E-state index contributed by atoms with van der Waals surface area (Å²) in [5.41, 5.74) is 6.71. The molecule has 2 aromatic heterocycles. The first-order valence-corrected chi connectivity index (χ1v) is 10.1. The van der Waals surface area contributed by atoms with Crippen molar-refractivity contribution in [1.29, 1.82) is 0 Å². The van der Waals surface area contributed by atoms with Gasteiger partial charge < -0.3 is 15.8 Å². The highest BCUT2D eigenvalue weighted by Crippen LogP contribution is 2.33. The van der Waals surface area contributed by atoms with Crippen molar-refractivity contribution in [2.24, 2.45) is 11.7 Å². The summed E-state index contributed by atoms with van der Waals surface area (Å²) >= 11 is 2.64. The summed E-state index contributed by atoms with van der Waals surface area (Å²) < 4.78 is 5.12. The lowest BCUT2D eigenvalue weighted by Crippen LogP contribution is -2.22. The molecule has 2 aromatic rings. The Morgan fingerprint density at radius 2 is 2.19 bits per heavy atom. The minimum absolute atomic E-state index is 0.242. The van der Waals surface area contributed by atoms with Crippen molar-refractivity contribution >= 4 is 45.5 Å². The molecule has 0 unspecified atom stereocenters. The van der Waals surface area contributed by atoms with Gasteiger partial charge in [-0.1, -0.05) is 13.3 Å². The van der Waals surface area contributed by atoms with Crippen LogP contribution in [-0.2, 0) is 22.4 Å². The summed E-state index contributed by atoms with van der Waals surface area (Å²) in [6, 6.07) is 3.43. The maximum atomic E-state index is 12.2. The van der Waals surface area contributed by atoms with Gasteiger partial charge in [-0.15, -0.1) is 22.7 Å². The molecule has 0 spiro atoms. The second-order valence-electron chi connectivity index (χ2n) is 6.23. The van der Waals surface area contributed by atoms with E-state index < -0.39 is 24.4 Å². The quantitative estimate of drug-likeness (QED) is 0.738. The third-order valence-electron chi connectivity index (χ3n) is 4.48. The van der Waals surface area contributed by atoms with Crippen LogP contribution in [0.15, 0.2) is 17.5 Å². The summed E-state index contributed by atoms with van der Waals surface area (Å²) in [6.45, 7) is 1.78. The highest BCUT2D eigenvalue weighted by Gasteiger charge is 2.23. The predicted molar refractivity (Wildman–Crippen MR) is 102 cm³/mol. The van der Waals surface area contributed by atoms with Crippen molar-refractivity contribution in [2.45, 2.75) is 32.6 Å². The molecule has 1 aliphatic carbocycles. The van der Waals surface area contributed by atoms with E-state index in [1.54, 1.807) is 5.38 Å². The van der Waals surface area contributed by atoms with Gasteiger partial charge in [-0.3, -0.25) is 9.59 Å². The van der Waals surface area contributed by atoms with Crippen LogP contribution in [0.3, 0.4) is 0 Å². The number of ether oxygens (including phenoxy) is 1. The standard InChI is InChI=1S/C18H20N2O4S2/c1-2-10-3-4-13-11(7-10)8-14(26-13)18(23)24-9-15(21)20-17-12(16(19)22)5-6-25-17/h5-6,8,10H,2-4,7,9H2,1H3,(H2,19,22)(H,20,21)/t10-/m0/s1. The molecule has 3 N–H and O–H groups in total. The molecule has 2 amide bonds. The zero-order valence-corrected chi connectivity index (χ0v) is 16.0. The number of thiophene rings is 2. The minimum atomic E-state index is -0.618. The number of carbonyl (C=O) groups is 3. The van der Waals surface area contributed by atoms with Gasteiger partial charge in [-0.25, -0.2) is 4.79 Å². The Bertz CT molecular complexity index is 840. The molecule has 0 aromatic carbocycles. The predicted octanol–water partition coefficient (Wildman–Crippen LogP) is 3.22. The maximum absolute atomic E-state index is 12.2. The second kappa shape index (κ2) is 8.01. The van der Waals surface area contributed by atoms with Gasteiger partial charge in [0.1, 0.15) is 9.88 Å². The number of nitrogens with two attached hydrogens (primary N) is 1. The topological polar surface area (TPSA) is 98.5 Å². The Labute approximate surface area is 159 Å². The highest BCUT2D eigenvalue weighted by molar-refractivity contribution is 7.15. The zero-order chi connectivity index (χ0) is 18.7. The molecule has 0 bridgehead atoms. The van der Waals surface area contributed by atoms with Crippen molar-refractivity contribution in [3.8, 4) is 0 Å². The largest absolute Gasteiger partial charge is 0.451 e. The molecule has 0 saturated carbocycles. The molecule has 0 saturated heterocycles. The molecule has 1 aliphatic rings. The van der Waals surface area contributed by atoms with Gasteiger partial charge >= 0.3 is 5.97 Å². The van der Waals surface area contributed by atoms with Gasteiger partial charge in [-0.05, 0) is 48.3 Å². The van der Waals surface area contributed by atoms with E-state index >= 15 is 0 Å². The third-order valence-corrected chi connectivity index (χ3v) is 6.53. The van der Waals surface area contributed by atoms with Crippen LogP contribution in [-0.4, -0.2) is 24.4 Å². The molecule has 26 heavy (non-hydrogen) atoms. The van der Waals surface area contributed by atoms with Gasteiger partial charge in [-0.2, -0.15) is 0 Å². The number of carbonyl (C=O) groups excluding carboxylic acids is 3. The molecule has 0 radical (unpaired) electrons. The average molecular weight is 393 g/mol. The highest BCUT2D eigenvalue weighted by atomic mass is 32.1. The van der Waals surface area contributed by atoms with Crippen LogP contribution in [0.1, 0.15) is 50.2 Å².